The molecule has 2 N–H and O–H groups in total. The Kier molecular flexibility index (Phi) is 7.00. The van der Waals surface area contributed by atoms with Crippen LogP contribution in [-0.2, 0) is 0 Å². The lowest BCUT2D eigenvalue weighted by molar-refractivity contribution is 0.291. The highest BCUT2D eigenvalue weighted by molar-refractivity contribution is 5.35. The molecule has 0 bridgehead atoms. The molecule has 20 heavy (non-hydrogen) atoms. The first-order valence-electron chi connectivity index (χ1n) is 7.10. The third-order valence-corrected chi connectivity index (χ3v) is 2.65. The normalized spacial score (nSPS) is 10.8. The molecule has 0 amide bonds. The van der Waals surface area contributed by atoms with E-state index in [-0.39, 0.29) is 5.95 Å². The van der Waals surface area contributed by atoms with Crippen LogP contribution in [-0.4, -0.2) is 60.2 Å². The number of nitrogen functional groups attached to an aromatic ring is 1. The second kappa shape index (κ2) is 8.52. The van der Waals surface area contributed by atoms with Gasteiger partial charge < -0.3 is 20.3 Å². The maximum absolute atomic E-state index is 5.74. The summed E-state index contributed by atoms with van der Waals surface area (Å²) in [4.78, 5) is 16.8. The third-order valence-electron chi connectivity index (χ3n) is 2.65. The van der Waals surface area contributed by atoms with E-state index in [1.165, 1.54) is 0 Å². The Morgan fingerprint density at radius 3 is 2.35 bits per heavy atom. The fourth-order valence-corrected chi connectivity index (χ4v) is 1.66. The highest BCUT2D eigenvalue weighted by atomic mass is 16.5. The van der Waals surface area contributed by atoms with Gasteiger partial charge in [-0.3, -0.25) is 0 Å². The molecule has 1 aromatic heterocycles. The number of nitrogens with two attached hydrogens (primary N) is 1. The summed E-state index contributed by atoms with van der Waals surface area (Å²) in [6.07, 6.45) is 1.92. The second-order valence-corrected chi connectivity index (χ2v) is 4.91. The first kappa shape index (κ1) is 16.4. The van der Waals surface area contributed by atoms with Crippen LogP contribution in [0.5, 0.6) is 6.01 Å². The summed E-state index contributed by atoms with van der Waals surface area (Å²) in [5, 5.41) is 0. The van der Waals surface area contributed by atoms with Gasteiger partial charge in [0.15, 0.2) is 0 Å². The van der Waals surface area contributed by atoms with Crippen molar-refractivity contribution in [1.29, 1.82) is 0 Å². The topological polar surface area (TPSA) is 80.4 Å². The monoisotopic (exact) mass is 282 g/mol. The van der Waals surface area contributed by atoms with Gasteiger partial charge in [-0.1, -0.05) is 13.8 Å². The molecule has 0 aliphatic heterocycles. The van der Waals surface area contributed by atoms with E-state index in [2.05, 4.69) is 31.7 Å². The molecule has 0 radical (unpaired) electrons. The molecule has 1 rings (SSSR count). The summed E-state index contributed by atoms with van der Waals surface area (Å²) in [6.45, 7) is 7.39. The molecule has 0 aliphatic rings. The van der Waals surface area contributed by atoms with Crippen LogP contribution in [0.1, 0.15) is 26.7 Å². The molecule has 0 saturated heterocycles. The van der Waals surface area contributed by atoms with E-state index in [4.69, 9.17) is 10.5 Å². The number of rotatable bonds is 9. The first-order chi connectivity index (χ1) is 9.56. The van der Waals surface area contributed by atoms with Gasteiger partial charge in [-0.2, -0.15) is 15.0 Å². The number of nitrogens with zero attached hydrogens (tertiary/aromatic N) is 5. The Morgan fingerprint density at radius 2 is 1.75 bits per heavy atom. The van der Waals surface area contributed by atoms with Crippen LogP contribution in [0.15, 0.2) is 0 Å². The highest BCUT2D eigenvalue weighted by Gasteiger charge is 2.13. The maximum atomic E-state index is 5.74. The van der Waals surface area contributed by atoms with Gasteiger partial charge in [-0.05, 0) is 26.9 Å². The van der Waals surface area contributed by atoms with Gasteiger partial charge in [0.05, 0.1) is 6.61 Å². The lowest BCUT2D eigenvalue weighted by Crippen LogP contribution is -2.33. The Balaban J connectivity index is 2.84. The van der Waals surface area contributed by atoms with Crippen LogP contribution in [0.3, 0.4) is 0 Å². The summed E-state index contributed by atoms with van der Waals surface area (Å²) >= 11 is 0. The summed E-state index contributed by atoms with van der Waals surface area (Å²) in [6, 6.07) is 0.306. The highest BCUT2D eigenvalue weighted by Crippen LogP contribution is 2.14. The van der Waals surface area contributed by atoms with E-state index in [0.29, 0.717) is 18.6 Å². The van der Waals surface area contributed by atoms with Crippen molar-refractivity contribution in [2.24, 2.45) is 0 Å². The number of hydrogen-bond acceptors (Lipinski definition) is 7. The maximum Gasteiger partial charge on any atom is 0.323 e. The predicted molar refractivity (Wildman–Crippen MR) is 81.1 cm³/mol. The lowest BCUT2D eigenvalue weighted by atomic mass is 10.4. The Hall–Kier alpha value is -1.63. The molecule has 0 spiro atoms. The molecule has 0 aliphatic carbocycles. The molecule has 0 aromatic carbocycles. The van der Waals surface area contributed by atoms with Gasteiger partial charge in [-0.15, -0.1) is 0 Å². The predicted octanol–water partition coefficient (Wildman–Crippen LogP) is 1.02. The molecule has 0 unspecified atom stereocenters. The van der Waals surface area contributed by atoms with E-state index in [1.54, 1.807) is 0 Å². The minimum absolute atomic E-state index is 0.201. The van der Waals surface area contributed by atoms with E-state index in [1.807, 2.05) is 21.0 Å². The number of likely N-dealkylation sites (N-methyl/N-ethyl adjacent to an activating group) is 1. The van der Waals surface area contributed by atoms with Crippen molar-refractivity contribution in [3.63, 3.8) is 0 Å². The zero-order valence-electron chi connectivity index (χ0n) is 13.0. The summed E-state index contributed by atoms with van der Waals surface area (Å²) in [5.74, 6) is 0.791. The summed E-state index contributed by atoms with van der Waals surface area (Å²) < 4.78 is 5.45. The Labute approximate surface area is 121 Å². The molecule has 0 saturated carbocycles. The number of ether oxygens (including phenoxy) is 1. The number of aromatic nitrogens is 3. The minimum atomic E-state index is 0.201. The largest absolute Gasteiger partial charge is 0.463 e. The summed E-state index contributed by atoms with van der Waals surface area (Å²) in [5.41, 5.74) is 5.74. The Bertz CT molecular complexity index is 398. The first-order valence-corrected chi connectivity index (χ1v) is 7.10. The third kappa shape index (κ3) is 5.56. The van der Waals surface area contributed by atoms with Crippen LogP contribution >= 0.6 is 0 Å². The smallest absolute Gasteiger partial charge is 0.323 e. The van der Waals surface area contributed by atoms with Gasteiger partial charge in [0.25, 0.3) is 0 Å². The van der Waals surface area contributed by atoms with Gasteiger partial charge in [0.1, 0.15) is 0 Å². The molecule has 7 heteroatoms. The standard InChI is InChI=1S/C13H26N6O/c1-5-7-19(9-8-18(3)4)12-15-11(14)16-13(17-12)20-10-6-2/h5-10H2,1-4H3,(H2,14,15,16,17). The van der Waals surface area contributed by atoms with Crippen LogP contribution in [0.4, 0.5) is 11.9 Å². The van der Waals surface area contributed by atoms with Gasteiger partial charge in [0.2, 0.25) is 11.9 Å². The van der Waals surface area contributed by atoms with Crippen molar-refractivity contribution < 1.29 is 4.74 Å². The van der Waals surface area contributed by atoms with E-state index < -0.39 is 0 Å². The molecule has 7 nitrogen and oxygen atoms in total. The van der Waals surface area contributed by atoms with Crippen molar-refractivity contribution in [2.75, 3.05) is 51.0 Å². The second-order valence-electron chi connectivity index (χ2n) is 4.91. The molecular formula is C13H26N6O. The fourth-order valence-electron chi connectivity index (χ4n) is 1.66. The minimum Gasteiger partial charge on any atom is -0.463 e. The van der Waals surface area contributed by atoms with Crippen molar-refractivity contribution in [1.82, 2.24) is 19.9 Å². The molecule has 114 valence electrons. The van der Waals surface area contributed by atoms with Crippen molar-refractivity contribution in [3.8, 4) is 6.01 Å². The van der Waals surface area contributed by atoms with Crippen molar-refractivity contribution in [2.45, 2.75) is 26.7 Å². The summed E-state index contributed by atoms with van der Waals surface area (Å²) in [7, 11) is 4.09. The molecule has 0 fully saturated rings. The SMILES string of the molecule is CCCOc1nc(N)nc(N(CCC)CCN(C)C)n1. The van der Waals surface area contributed by atoms with Crippen LogP contribution in [0.2, 0.25) is 0 Å². The fraction of sp³-hybridized carbons (Fsp3) is 0.769. The van der Waals surface area contributed by atoms with Gasteiger partial charge in [-0.25, -0.2) is 0 Å². The van der Waals surface area contributed by atoms with Gasteiger partial charge in [0, 0.05) is 19.6 Å². The Morgan fingerprint density at radius 1 is 1.00 bits per heavy atom. The molecular weight excluding hydrogens is 256 g/mol. The van der Waals surface area contributed by atoms with Crippen LogP contribution < -0.4 is 15.4 Å². The van der Waals surface area contributed by atoms with Crippen LogP contribution in [0.25, 0.3) is 0 Å². The van der Waals surface area contributed by atoms with Crippen LogP contribution in [0, 0.1) is 0 Å². The molecule has 1 heterocycles. The average molecular weight is 282 g/mol. The number of hydrogen-bond donors (Lipinski definition) is 1. The van der Waals surface area contributed by atoms with Gasteiger partial charge >= 0.3 is 6.01 Å². The number of anilines is 2. The zero-order valence-corrected chi connectivity index (χ0v) is 13.0. The van der Waals surface area contributed by atoms with Crippen molar-refractivity contribution >= 4 is 11.9 Å². The lowest BCUT2D eigenvalue weighted by Gasteiger charge is -2.24. The van der Waals surface area contributed by atoms with E-state index >= 15 is 0 Å². The quantitative estimate of drug-likeness (QED) is 0.724. The molecule has 1 aromatic rings. The zero-order chi connectivity index (χ0) is 15.0. The van der Waals surface area contributed by atoms with Crippen molar-refractivity contribution in [3.05, 3.63) is 0 Å². The van der Waals surface area contributed by atoms with E-state index in [0.717, 1.165) is 32.5 Å². The average Bonchev–Trinajstić information content (AvgIpc) is 2.40. The molecule has 0 atom stereocenters. The van der Waals surface area contributed by atoms with E-state index in [9.17, 15) is 0 Å².